The maximum Gasteiger partial charge on any atom is 0.274 e. The zero-order valence-electron chi connectivity index (χ0n) is 19.0. The monoisotopic (exact) mass is 466 g/mol. The highest BCUT2D eigenvalue weighted by atomic mass is 19.1. The first-order valence-corrected chi connectivity index (χ1v) is 11.1. The van der Waals surface area contributed by atoms with E-state index in [0.717, 1.165) is 5.56 Å². The summed E-state index contributed by atoms with van der Waals surface area (Å²) < 4.78 is 25.8. The van der Waals surface area contributed by atoms with Crippen molar-refractivity contribution in [3.63, 3.8) is 0 Å². The van der Waals surface area contributed by atoms with E-state index in [9.17, 15) is 14.0 Å². The van der Waals surface area contributed by atoms with E-state index in [0.29, 0.717) is 38.5 Å². The van der Waals surface area contributed by atoms with Crippen LogP contribution >= 0.6 is 0 Å². The summed E-state index contributed by atoms with van der Waals surface area (Å²) >= 11 is 0. The van der Waals surface area contributed by atoms with E-state index in [1.54, 1.807) is 11.0 Å². The molecule has 0 N–H and O–H groups in total. The van der Waals surface area contributed by atoms with Crippen molar-refractivity contribution in [3.05, 3.63) is 88.1 Å². The molecule has 0 radical (unpaired) electrons. The normalized spacial score (nSPS) is 14.1. The molecule has 0 aliphatic carbocycles. The Bertz CT molecular complexity index is 1180. The predicted molar refractivity (Wildman–Crippen MR) is 125 cm³/mol. The van der Waals surface area contributed by atoms with Crippen LogP contribution in [0.5, 0.6) is 11.5 Å². The van der Waals surface area contributed by atoms with Gasteiger partial charge in [0.15, 0.2) is 11.6 Å². The van der Waals surface area contributed by atoms with Gasteiger partial charge in [-0.3, -0.25) is 14.5 Å². The van der Waals surface area contributed by atoms with Gasteiger partial charge in [-0.25, -0.2) is 9.07 Å². The SMILES string of the molecule is COc1ccc(CN2CCN(C(=O)c3ccc(=O)n(CCOc4ccccc4)n3)CC2)cc1F. The number of carbonyl (C=O) groups is 1. The molecular weight excluding hydrogens is 439 g/mol. The van der Waals surface area contributed by atoms with Gasteiger partial charge in [0.2, 0.25) is 0 Å². The summed E-state index contributed by atoms with van der Waals surface area (Å²) in [4.78, 5) is 29.0. The van der Waals surface area contributed by atoms with Crippen molar-refractivity contribution in [2.45, 2.75) is 13.1 Å². The number of amides is 1. The van der Waals surface area contributed by atoms with Crippen LogP contribution in [0.25, 0.3) is 0 Å². The standard InChI is InChI=1S/C25H27FN4O4/c1-33-23-9-7-19(17-21(23)26)18-28-11-13-29(14-12-28)25(32)22-8-10-24(31)30(27-22)15-16-34-20-5-3-2-4-6-20/h2-10,17H,11-16,18H2,1H3. The van der Waals surface area contributed by atoms with Gasteiger partial charge in [-0.1, -0.05) is 24.3 Å². The highest BCUT2D eigenvalue weighted by molar-refractivity contribution is 5.92. The first-order chi connectivity index (χ1) is 16.5. The fraction of sp³-hybridized carbons (Fsp3) is 0.320. The molecule has 3 aromatic rings. The van der Waals surface area contributed by atoms with Crippen LogP contribution in [0.2, 0.25) is 0 Å². The quantitative estimate of drug-likeness (QED) is 0.508. The molecule has 0 unspecified atom stereocenters. The van der Waals surface area contributed by atoms with E-state index in [4.69, 9.17) is 9.47 Å². The average molecular weight is 467 g/mol. The summed E-state index contributed by atoms with van der Waals surface area (Å²) in [6.45, 7) is 3.45. The molecule has 1 saturated heterocycles. The molecular formula is C25H27FN4O4. The van der Waals surface area contributed by atoms with E-state index in [2.05, 4.69) is 10.00 Å². The highest BCUT2D eigenvalue weighted by Crippen LogP contribution is 2.19. The molecule has 0 saturated carbocycles. The predicted octanol–water partition coefficient (Wildman–Crippen LogP) is 2.43. The molecule has 0 spiro atoms. The minimum absolute atomic E-state index is 0.215. The van der Waals surface area contributed by atoms with Crippen molar-refractivity contribution in [2.75, 3.05) is 39.9 Å². The average Bonchev–Trinajstić information content (AvgIpc) is 2.86. The molecule has 0 atom stereocenters. The third kappa shape index (κ3) is 5.79. The van der Waals surface area contributed by atoms with E-state index in [-0.39, 0.29) is 41.9 Å². The zero-order chi connectivity index (χ0) is 23.9. The van der Waals surface area contributed by atoms with Gasteiger partial charge in [0.05, 0.1) is 13.7 Å². The molecule has 9 heteroatoms. The lowest BCUT2D eigenvalue weighted by Gasteiger charge is -2.34. The Morgan fingerprint density at radius 2 is 1.79 bits per heavy atom. The van der Waals surface area contributed by atoms with Crippen molar-refractivity contribution in [1.29, 1.82) is 0 Å². The number of nitrogens with zero attached hydrogens (tertiary/aromatic N) is 4. The number of carbonyl (C=O) groups excluding carboxylic acids is 1. The number of piperazine rings is 1. The fourth-order valence-corrected chi connectivity index (χ4v) is 3.83. The number of rotatable bonds is 8. The second kappa shape index (κ2) is 10.9. The van der Waals surface area contributed by atoms with E-state index < -0.39 is 0 Å². The van der Waals surface area contributed by atoms with Gasteiger partial charge >= 0.3 is 0 Å². The summed E-state index contributed by atoms with van der Waals surface area (Å²) in [5.41, 5.74) is 0.791. The molecule has 4 rings (SSSR count). The van der Waals surface area contributed by atoms with Crippen LogP contribution in [-0.2, 0) is 13.1 Å². The lowest BCUT2D eigenvalue weighted by Crippen LogP contribution is -2.48. The molecule has 0 bridgehead atoms. The molecule has 34 heavy (non-hydrogen) atoms. The summed E-state index contributed by atoms with van der Waals surface area (Å²) in [5, 5.41) is 4.26. The number of para-hydroxylation sites is 1. The van der Waals surface area contributed by atoms with Crippen molar-refractivity contribution < 1.29 is 18.7 Å². The number of halogens is 1. The van der Waals surface area contributed by atoms with Crippen LogP contribution < -0.4 is 15.0 Å². The third-order valence-electron chi connectivity index (χ3n) is 5.68. The number of hydrogen-bond donors (Lipinski definition) is 0. The number of methoxy groups -OCH3 is 1. The molecule has 1 fully saturated rings. The number of benzene rings is 2. The molecule has 1 amide bonds. The molecule has 178 valence electrons. The first kappa shape index (κ1) is 23.4. The van der Waals surface area contributed by atoms with Gasteiger partial charge < -0.3 is 14.4 Å². The van der Waals surface area contributed by atoms with Crippen LogP contribution in [0.4, 0.5) is 4.39 Å². The summed E-state index contributed by atoms with van der Waals surface area (Å²) in [7, 11) is 1.44. The van der Waals surface area contributed by atoms with Gasteiger partial charge in [-0.2, -0.15) is 5.10 Å². The maximum atomic E-state index is 13.9. The first-order valence-electron chi connectivity index (χ1n) is 11.1. The van der Waals surface area contributed by atoms with Gasteiger partial charge in [-0.05, 0) is 35.9 Å². The fourth-order valence-electron chi connectivity index (χ4n) is 3.83. The van der Waals surface area contributed by atoms with E-state index in [1.165, 1.54) is 30.0 Å². The Balaban J connectivity index is 1.31. The van der Waals surface area contributed by atoms with Crippen molar-refractivity contribution in [2.24, 2.45) is 0 Å². The Morgan fingerprint density at radius 3 is 2.50 bits per heavy atom. The second-order valence-corrected chi connectivity index (χ2v) is 7.98. The topological polar surface area (TPSA) is 76.9 Å². The number of aromatic nitrogens is 2. The maximum absolute atomic E-state index is 13.9. The summed E-state index contributed by atoms with van der Waals surface area (Å²) in [6.07, 6.45) is 0. The Kier molecular flexibility index (Phi) is 7.54. The van der Waals surface area contributed by atoms with Crippen LogP contribution in [-0.4, -0.2) is 65.4 Å². The molecule has 1 aliphatic heterocycles. The van der Waals surface area contributed by atoms with Crippen molar-refractivity contribution in [3.8, 4) is 11.5 Å². The van der Waals surface area contributed by atoms with E-state index in [1.807, 2.05) is 36.4 Å². The lowest BCUT2D eigenvalue weighted by molar-refractivity contribution is 0.0619. The third-order valence-corrected chi connectivity index (χ3v) is 5.68. The van der Waals surface area contributed by atoms with E-state index >= 15 is 0 Å². The van der Waals surface area contributed by atoms with Crippen molar-refractivity contribution >= 4 is 5.91 Å². The molecule has 1 aromatic heterocycles. The minimum Gasteiger partial charge on any atom is -0.494 e. The van der Waals surface area contributed by atoms with Crippen LogP contribution in [0.3, 0.4) is 0 Å². The number of hydrogen-bond acceptors (Lipinski definition) is 6. The molecule has 2 aromatic carbocycles. The zero-order valence-corrected chi connectivity index (χ0v) is 19.0. The van der Waals surface area contributed by atoms with Gasteiger partial charge in [0, 0.05) is 38.8 Å². The Morgan fingerprint density at radius 1 is 1.03 bits per heavy atom. The summed E-state index contributed by atoms with van der Waals surface area (Å²) in [6, 6.07) is 17.1. The number of ether oxygens (including phenoxy) is 2. The Hall–Kier alpha value is -3.72. The summed E-state index contributed by atoms with van der Waals surface area (Å²) in [5.74, 6) is 0.328. The smallest absolute Gasteiger partial charge is 0.274 e. The Labute approximate surface area is 197 Å². The lowest BCUT2D eigenvalue weighted by atomic mass is 10.1. The largest absolute Gasteiger partial charge is 0.494 e. The molecule has 8 nitrogen and oxygen atoms in total. The van der Waals surface area contributed by atoms with Crippen LogP contribution in [0, 0.1) is 5.82 Å². The second-order valence-electron chi connectivity index (χ2n) is 7.98. The van der Waals surface area contributed by atoms with Crippen LogP contribution in [0.1, 0.15) is 16.1 Å². The van der Waals surface area contributed by atoms with Gasteiger partial charge in [0.25, 0.3) is 11.5 Å². The highest BCUT2D eigenvalue weighted by Gasteiger charge is 2.24. The van der Waals surface area contributed by atoms with Gasteiger partial charge in [0.1, 0.15) is 18.1 Å². The van der Waals surface area contributed by atoms with Gasteiger partial charge in [-0.15, -0.1) is 0 Å². The molecule has 1 aliphatic rings. The van der Waals surface area contributed by atoms with Crippen LogP contribution in [0.15, 0.2) is 65.5 Å². The molecule has 2 heterocycles. The minimum atomic E-state index is -0.385. The van der Waals surface area contributed by atoms with Crippen molar-refractivity contribution in [1.82, 2.24) is 19.6 Å².